The Kier molecular flexibility index (Phi) is 5.66. The molecule has 1 aromatic carbocycles. The minimum Gasteiger partial charge on any atom is -0.492 e. The van der Waals surface area contributed by atoms with Gasteiger partial charge in [0.05, 0.1) is 6.54 Å². The summed E-state index contributed by atoms with van der Waals surface area (Å²) < 4.78 is 6.56. The third-order valence-corrected chi connectivity index (χ3v) is 3.67. The molecule has 5 heteroatoms. The second-order valence-corrected chi connectivity index (χ2v) is 5.54. The second kappa shape index (κ2) is 7.50. The fourth-order valence-electron chi connectivity index (χ4n) is 2.13. The second-order valence-electron chi connectivity index (χ2n) is 4.62. The SMILES string of the molecule is O=C(NCCOc1cccc(Br)c1)C1CCNCC1. The lowest BCUT2D eigenvalue weighted by molar-refractivity contribution is -0.125. The Morgan fingerprint density at radius 2 is 2.21 bits per heavy atom. The van der Waals surface area contributed by atoms with Gasteiger partial charge >= 0.3 is 0 Å². The molecule has 1 saturated heterocycles. The van der Waals surface area contributed by atoms with Crippen LogP contribution in [0.2, 0.25) is 0 Å². The third kappa shape index (κ3) is 4.84. The molecule has 19 heavy (non-hydrogen) atoms. The van der Waals surface area contributed by atoms with Crippen LogP contribution in [-0.2, 0) is 4.79 Å². The van der Waals surface area contributed by atoms with Crippen LogP contribution in [0.3, 0.4) is 0 Å². The van der Waals surface area contributed by atoms with Gasteiger partial charge in [0, 0.05) is 10.4 Å². The van der Waals surface area contributed by atoms with Gasteiger partial charge in [-0.1, -0.05) is 22.0 Å². The number of hydrogen-bond acceptors (Lipinski definition) is 3. The highest BCUT2D eigenvalue weighted by Crippen LogP contribution is 2.17. The molecule has 1 amide bonds. The van der Waals surface area contributed by atoms with Gasteiger partial charge in [0.15, 0.2) is 0 Å². The predicted molar refractivity (Wildman–Crippen MR) is 78.2 cm³/mol. The van der Waals surface area contributed by atoms with E-state index in [9.17, 15) is 4.79 Å². The number of halogens is 1. The molecule has 0 radical (unpaired) electrons. The first kappa shape index (κ1) is 14.3. The van der Waals surface area contributed by atoms with E-state index in [0.717, 1.165) is 36.2 Å². The van der Waals surface area contributed by atoms with Gasteiger partial charge in [0.1, 0.15) is 12.4 Å². The molecule has 0 atom stereocenters. The molecule has 1 aliphatic heterocycles. The van der Waals surface area contributed by atoms with Crippen molar-refractivity contribution in [2.75, 3.05) is 26.2 Å². The zero-order chi connectivity index (χ0) is 13.5. The van der Waals surface area contributed by atoms with Crippen LogP contribution in [0.4, 0.5) is 0 Å². The molecular formula is C14H19BrN2O2. The zero-order valence-electron chi connectivity index (χ0n) is 10.8. The standard InChI is InChI=1S/C14H19BrN2O2/c15-12-2-1-3-13(10-12)19-9-8-17-14(18)11-4-6-16-7-5-11/h1-3,10-11,16H,4-9H2,(H,17,18). The molecule has 4 nitrogen and oxygen atoms in total. The Morgan fingerprint density at radius 3 is 2.95 bits per heavy atom. The van der Waals surface area contributed by atoms with Crippen molar-refractivity contribution >= 4 is 21.8 Å². The summed E-state index contributed by atoms with van der Waals surface area (Å²) in [4.78, 5) is 11.9. The fourth-order valence-corrected chi connectivity index (χ4v) is 2.51. The van der Waals surface area contributed by atoms with Gasteiger partial charge in [0.2, 0.25) is 5.91 Å². The first-order chi connectivity index (χ1) is 9.25. The Labute approximate surface area is 122 Å². The van der Waals surface area contributed by atoms with Crippen LogP contribution in [0, 0.1) is 5.92 Å². The minimum absolute atomic E-state index is 0.152. The Balaban J connectivity index is 1.65. The highest BCUT2D eigenvalue weighted by atomic mass is 79.9. The first-order valence-electron chi connectivity index (χ1n) is 6.62. The van der Waals surface area contributed by atoms with Crippen molar-refractivity contribution in [2.24, 2.45) is 5.92 Å². The van der Waals surface area contributed by atoms with E-state index in [1.807, 2.05) is 24.3 Å². The lowest BCUT2D eigenvalue weighted by atomic mass is 9.97. The molecule has 1 heterocycles. The summed E-state index contributed by atoms with van der Waals surface area (Å²) in [6.45, 7) is 2.92. The first-order valence-corrected chi connectivity index (χ1v) is 7.42. The molecule has 0 unspecified atom stereocenters. The lowest BCUT2D eigenvalue weighted by Crippen LogP contribution is -2.39. The summed E-state index contributed by atoms with van der Waals surface area (Å²) in [6, 6.07) is 7.69. The van der Waals surface area contributed by atoms with E-state index in [-0.39, 0.29) is 11.8 Å². The Morgan fingerprint density at radius 1 is 1.42 bits per heavy atom. The maximum Gasteiger partial charge on any atom is 0.223 e. The number of amides is 1. The van der Waals surface area contributed by atoms with Crippen LogP contribution in [-0.4, -0.2) is 32.1 Å². The van der Waals surface area contributed by atoms with E-state index < -0.39 is 0 Å². The molecule has 1 fully saturated rings. The molecule has 1 aliphatic rings. The molecule has 2 N–H and O–H groups in total. The summed E-state index contributed by atoms with van der Waals surface area (Å²) in [5.41, 5.74) is 0. The van der Waals surface area contributed by atoms with E-state index in [1.54, 1.807) is 0 Å². The molecule has 1 aromatic rings. The number of carbonyl (C=O) groups is 1. The molecule has 104 valence electrons. The number of ether oxygens (including phenoxy) is 1. The summed E-state index contributed by atoms with van der Waals surface area (Å²) in [5, 5.41) is 6.19. The summed E-state index contributed by atoms with van der Waals surface area (Å²) in [7, 11) is 0. The van der Waals surface area contributed by atoms with E-state index >= 15 is 0 Å². The molecule has 0 saturated carbocycles. The van der Waals surface area contributed by atoms with Gasteiger partial charge in [-0.05, 0) is 44.1 Å². The molecule has 0 spiro atoms. The van der Waals surface area contributed by atoms with E-state index in [2.05, 4.69) is 26.6 Å². The third-order valence-electron chi connectivity index (χ3n) is 3.18. The number of hydrogen-bond donors (Lipinski definition) is 2. The van der Waals surface area contributed by atoms with Crippen LogP contribution in [0.25, 0.3) is 0 Å². The fraction of sp³-hybridized carbons (Fsp3) is 0.500. The molecular weight excluding hydrogens is 308 g/mol. The number of rotatable bonds is 5. The molecule has 0 aromatic heterocycles. The van der Waals surface area contributed by atoms with E-state index in [1.165, 1.54) is 0 Å². The van der Waals surface area contributed by atoms with Crippen molar-refractivity contribution in [3.8, 4) is 5.75 Å². The van der Waals surface area contributed by atoms with E-state index in [0.29, 0.717) is 13.2 Å². The maximum absolute atomic E-state index is 11.9. The van der Waals surface area contributed by atoms with Gasteiger partial charge in [0.25, 0.3) is 0 Å². The summed E-state index contributed by atoms with van der Waals surface area (Å²) in [5.74, 6) is 1.12. The summed E-state index contributed by atoms with van der Waals surface area (Å²) in [6.07, 6.45) is 1.86. The normalized spacial score (nSPS) is 16.1. The van der Waals surface area contributed by atoms with Crippen molar-refractivity contribution in [3.05, 3.63) is 28.7 Å². The van der Waals surface area contributed by atoms with Gasteiger partial charge in [-0.3, -0.25) is 4.79 Å². The average Bonchev–Trinajstić information content (AvgIpc) is 2.44. The lowest BCUT2D eigenvalue weighted by Gasteiger charge is -2.21. The van der Waals surface area contributed by atoms with Crippen molar-refractivity contribution in [2.45, 2.75) is 12.8 Å². The van der Waals surface area contributed by atoms with Gasteiger partial charge in [-0.2, -0.15) is 0 Å². The average molecular weight is 327 g/mol. The van der Waals surface area contributed by atoms with Gasteiger partial charge < -0.3 is 15.4 Å². The zero-order valence-corrected chi connectivity index (χ0v) is 12.4. The quantitative estimate of drug-likeness (QED) is 0.813. The van der Waals surface area contributed by atoms with Crippen LogP contribution in [0.5, 0.6) is 5.75 Å². The highest BCUT2D eigenvalue weighted by molar-refractivity contribution is 9.10. The molecule has 0 aliphatic carbocycles. The maximum atomic E-state index is 11.9. The number of piperidine rings is 1. The van der Waals surface area contributed by atoms with Crippen LogP contribution < -0.4 is 15.4 Å². The van der Waals surface area contributed by atoms with E-state index in [4.69, 9.17) is 4.74 Å². The van der Waals surface area contributed by atoms with Crippen LogP contribution in [0.1, 0.15) is 12.8 Å². The smallest absolute Gasteiger partial charge is 0.223 e. The molecule has 0 bridgehead atoms. The van der Waals surface area contributed by atoms with Crippen LogP contribution in [0.15, 0.2) is 28.7 Å². The van der Waals surface area contributed by atoms with Crippen molar-refractivity contribution in [1.29, 1.82) is 0 Å². The van der Waals surface area contributed by atoms with Gasteiger partial charge in [-0.15, -0.1) is 0 Å². The van der Waals surface area contributed by atoms with Crippen molar-refractivity contribution in [3.63, 3.8) is 0 Å². The van der Waals surface area contributed by atoms with Gasteiger partial charge in [-0.25, -0.2) is 0 Å². The van der Waals surface area contributed by atoms with Crippen molar-refractivity contribution < 1.29 is 9.53 Å². The van der Waals surface area contributed by atoms with Crippen molar-refractivity contribution in [1.82, 2.24) is 10.6 Å². The largest absolute Gasteiger partial charge is 0.492 e. The highest BCUT2D eigenvalue weighted by Gasteiger charge is 2.20. The summed E-state index contributed by atoms with van der Waals surface area (Å²) >= 11 is 3.39. The monoisotopic (exact) mass is 326 g/mol. The number of nitrogens with one attached hydrogen (secondary N) is 2. The topological polar surface area (TPSA) is 50.4 Å². The number of carbonyl (C=O) groups excluding carboxylic acids is 1. The number of benzene rings is 1. The Hall–Kier alpha value is -1.07. The predicted octanol–water partition coefficient (Wildman–Crippen LogP) is 1.94. The molecule has 2 rings (SSSR count). The minimum atomic E-state index is 0.152. The van der Waals surface area contributed by atoms with Crippen LogP contribution >= 0.6 is 15.9 Å². The Bertz CT molecular complexity index is 420.